The zero-order valence-corrected chi connectivity index (χ0v) is 17.9. The molecule has 2 heterocycles. The molecule has 2 aromatic carbocycles. The van der Waals surface area contributed by atoms with Gasteiger partial charge in [-0.25, -0.2) is 0 Å². The van der Waals surface area contributed by atoms with Gasteiger partial charge in [0.05, 0.1) is 12.3 Å². The smallest absolute Gasteiger partial charge is 0.307 e. The van der Waals surface area contributed by atoms with Gasteiger partial charge >= 0.3 is 5.97 Å². The van der Waals surface area contributed by atoms with E-state index >= 15 is 0 Å². The number of benzene rings is 2. The molecule has 5 nitrogen and oxygen atoms in total. The zero-order chi connectivity index (χ0) is 21.5. The highest BCUT2D eigenvalue weighted by molar-refractivity contribution is 5.89. The van der Waals surface area contributed by atoms with E-state index in [2.05, 4.69) is 28.8 Å². The first-order chi connectivity index (χ1) is 15.0. The second-order valence-electron chi connectivity index (χ2n) is 8.91. The fourth-order valence-corrected chi connectivity index (χ4v) is 5.63. The van der Waals surface area contributed by atoms with E-state index in [4.69, 9.17) is 0 Å². The van der Waals surface area contributed by atoms with Crippen molar-refractivity contribution in [2.75, 3.05) is 7.05 Å². The molecule has 1 aromatic heterocycles. The number of amides is 1. The van der Waals surface area contributed by atoms with E-state index in [0.717, 1.165) is 54.3 Å². The minimum atomic E-state index is -0.801. The van der Waals surface area contributed by atoms with Crippen molar-refractivity contribution in [1.82, 2.24) is 9.47 Å². The van der Waals surface area contributed by atoms with Crippen molar-refractivity contribution in [2.24, 2.45) is 0 Å². The van der Waals surface area contributed by atoms with Gasteiger partial charge in [-0.15, -0.1) is 0 Å². The van der Waals surface area contributed by atoms with Crippen LogP contribution in [0.5, 0.6) is 0 Å². The average Bonchev–Trinajstić information content (AvgIpc) is 3.10. The predicted molar refractivity (Wildman–Crippen MR) is 120 cm³/mol. The Labute approximate surface area is 182 Å². The SMILES string of the molecule is CN(C(=O)C1CCCc2ccccc21)C1CCc2c(CC(=O)O)c3ccccc3n2C1. The van der Waals surface area contributed by atoms with Gasteiger partial charge in [0.2, 0.25) is 5.91 Å². The number of rotatable bonds is 4. The van der Waals surface area contributed by atoms with Crippen molar-refractivity contribution in [3.63, 3.8) is 0 Å². The van der Waals surface area contributed by atoms with Crippen molar-refractivity contribution in [3.8, 4) is 0 Å². The van der Waals surface area contributed by atoms with Crippen molar-refractivity contribution in [2.45, 2.75) is 57.0 Å². The topological polar surface area (TPSA) is 62.5 Å². The lowest BCUT2D eigenvalue weighted by atomic mass is 9.82. The molecule has 0 saturated carbocycles. The number of carboxylic acids is 1. The molecule has 31 heavy (non-hydrogen) atoms. The number of carboxylic acid groups (broad SMARTS) is 1. The number of carbonyl (C=O) groups excluding carboxylic acids is 1. The fourth-order valence-electron chi connectivity index (χ4n) is 5.63. The number of carbonyl (C=O) groups is 2. The molecule has 2 aliphatic rings. The Balaban J connectivity index is 1.44. The summed E-state index contributed by atoms with van der Waals surface area (Å²) in [5.74, 6) is -0.646. The maximum absolute atomic E-state index is 13.5. The Bertz CT molecular complexity index is 1160. The summed E-state index contributed by atoms with van der Waals surface area (Å²) in [6.07, 6.45) is 4.71. The van der Waals surface area contributed by atoms with Gasteiger partial charge in [0.1, 0.15) is 0 Å². The van der Waals surface area contributed by atoms with Crippen molar-refractivity contribution < 1.29 is 14.7 Å². The molecular weight excluding hydrogens is 388 g/mol. The number of aromatic nitrogens is 1. The van der Waals surface area contributed by atoms with E-state index in [-0.39, 0.29) is 24.3 Å². The molecular formula is C26H28N2O3. The molecule has 1 amide bonds. The van der Waals surface area contributed by atoms with Gasteiger partial charge in [0, 0.05) is 36.2 Å². The standard InChI is InChI=1S/C26H28N2O3/c1-27(26(31)21-11-6-8-17-7-2-3-9-19(17)21)18-13-14-24-22(15-25(29)30)20-10-4-5-12-23(20)28(24)16-18/h2-5,7,9-10,12,18,21H,6,8,11,13-16H2,1H3,(H,29,30). The van der Waals surface area contributed by atoms with Crippen LogP contribution in [0.1, 0.15) is 47.6 Å². The van der Waals surface area contributed by atoms with Crippen LogP contribution in [0.3, 0.4) is 0 Å². The van der Waals surface area contributed by atoms with E-state index in [1.165, 1.54) is 11.1 Å². The molecule has 1 N–H and O–H groups in total. The molecule has 5 rings (SSSR count). The van der Waals surface area contributed by atoms with Crippen LogP contribution in [-0.4, -0.2) is 39.5 Å². The van der Waals surface area contributed by atoms with Crippen LogP contribution >= 0.6 is 0 Å². The number of aliphatic carboxylic acids is 1. The van der Waals surface area contributed by atoms with Crippen molar-refractivity contribution in [3.05, 3.63) is 70.9 Å². The number of fused-ring (bicyclic) bond motifs is 4. The normalized spacial score (nSPS) is 20.2. The minimum absolute atomic E-state index is 0.0428. The Hall–Kier alpha value is -3.08. The first-order valence-electron chi connectivity index (χ1n) is 11.2. The zero-order valence-electron chi connectivity index (χ0n) is 17.9. The summed E-state index contributed by atoms with van der Waals surface area (Å²) < 4.78 is 2.25. The Morgan fingerprint density at radius 2 is 1.84 bits per heavy atom. The third-order valence-electron chi connectivity index (χ3n) is 7.19. The van der Waals surface area contributed by atoms with E-state index in [1.54, 1.807) is 0 Å². The van der Waals surface area contributed by atoms with E-state index in [9.17, 15) is 14.7 Å². The van der Waals surface area contributed by atoms with E-state index in [1.807, 2.05) is 36.2 Å². The third-order valence-corrected chi connectivity index (χ3v) is 7.19. The monoisotopic (exact) mass is 416 g/mol. The van der Waals surface area contributed by atoms with Crippen LogP contribution in [0.2, 0.25) is 0 Å². The Morgan fingerprint density at radius 1 is 1.06 bits per heavy atom. The molecule has 0 spiro atoms. The lowest BCUT2D eigenvalue weighted by Crippen LogP contribution is -2.45. The van der Waals surface area contributed by atoms with Gasteiger partial charge in [-0.05, 0) is 54.9 Å². The molecule has 160 valence electrons. The number of hydrogen-bond donors (Lipinski definition) is 1. The second-order valence-corrected chi connectivity index (χ2v) is 8.91. The number of para-hydroxylation sites is 1. The number of hydrogen-bond acceptors (Lipinski definition) is 2. The van der Waals surface area contributed by atoms with E-state index in [0.29, 0.717) is 6.54 Å². The van der Waals surface area contributed by atoms with E-state index < -0.39 is 5.97 Å². The van der Waals surface area contributed by atoms with Gasteiger partial charge in [-0.2, -0.15) is 0 Å². The van der Waals surface area contributed by atoms with Gasteiger partial charge < -0.3 is 14.6 Å². The van der Waals surface area contributed by atoms with Gasteiger partial charge in [-0.3, -0.25) is 9.59 Å². The average molecular weight is 417 g/mol. The maximum atomic E-state index is 13.5. The number of aryl methyl sites for hydroxylation is 1. The fraction of sp³-hybridized carbons (Fsp3) is 0.385. The second kappa shape index (κ2) is 7.88. The van der Waals surface area contributed by atoms with Crippen LogP contribution in [0.25, 0.3) is 10.9 Å². The summed E-state index contributed by atoms with van der Waals surface area (Å²) in [4.78, 5) is 27.0. The van der Waals surface area contributed by atoms with Gasteiger partial charge in [-0.1, -0.05) is 42.5 Å². The minimum Gasteiger partial charge on any atom is -0.481 e. The van der Waals surface area contributed by atoms with Gasteiger partial charge in [0.15, 0.2) is 0 Å². The third kappa shape index (κ3) is 3.42. The molecule has 1 aliphatic heterocycles. The summed E-state index contributed by atoms with van der Waals surface area (Å²) in [5.41, 5.74) is 5.61. The Kier molecular flexibility index (Phi) is 5.05. The highest BCUT2D eigenvalue weighted by Crippen LogP contribution is 2.36. The molecule has 0 bridgehead atoms. The van der Waals surface area contributed by atoms with Crippen LogP contribution in [0.4, 0.5) is 0 Å². The summed E-state index contributed by atoms with van der Waals surface area (Å²) in [7, 11) is 1.94. The molecule has 3 aromatic rings. The first kappa shape index (κ1) is 19.9. The van der Waals surface area contributed by atoms with Gasteiger partial charge in [0.25, 0.3) is 0 Å². The lowest BCUT2D eigenvalue weighted by Gasteiger charge is -2.36. The number of nitrogens with zero attached hydrogens (tertiary/aromatic N) is 2. The molecule has 2 atom stereocenters. The Morgan fingerprint density at radius 3 is 2.68 bits per heavy atom. The molecule has 0 radical (unpaired) electrons. The van der Waals surface area contributed by atoms with Crippen LogP contribution < -0.4 is 0 Å². The highest BCUT2D eigenvalue weighted by Gasteiger charge is 2.34. The maximum Gasteiger partial charge on any atom is 0.307 e. The van der Waals surface area contributed by atoms with Crippen LogP contribution in [0, 0.1) is 0 Å². The quantitative estimate of drug-likeness (QED) is 0.695. The predicted octanol–water partition coefficient (Wildman–Crippen LogP) is 4.16. The highest BCUT2D eigenvalue weighted by atomic mass is 16.4. The summed E-state index contributed by atoms with van der Waals surface area (Å²) in [5, 5.41) is 10.4. The summed E-state index contributed by atoms with van der Waals surface area (Å²) >= 11 is 0. The summed E-state index contributed by atoms with van der Waals surface area (Å²) in [6.45, 7) is 0.714. The van der Waals surface area contributed by atoms with Crippen molar-refractivity contribution in [1.29, 1.82) is 0 Å². The molecule has 1 aliphatic carbocycles. The largest absolute Gasteiger partial charge is 0.481 e. The first-order valence-corrected chi connectivity index (χ1v) is 11.2. The van der Waals surface area contributed by atoms with Crippen LogP contribution in [0.15, 0.2) is 48.5 Å². The summed E-state index contributed by atoms with van der Waals surface area (Å²) in [6, 6.07) is 16.5. The molecule has 0 fully saturated rings. The number of likely N-dealkylation sites (N-methyl/N-ethyl adjacent to an activating group) is 1. The molecule has 0 saturated heterocycles. The lowest BCUT2D eigenvalue weighted by molar-refractivity contribution is -0.136. The van der Waals surface area contributed by atoms with Crippen LogP contribution in [-0.2, 0) is 35.4 Å². The molecule has 2 unspecified atom stereocenters. The molecule has 5 heteroatoms. The van der Waals surface area contributed by atoms with Crippen molar-refractivity contribution >= 4 is 22.8 Å².